The molecule has 2 rings (SSSR count). The average molecular weight is 241 g/mol. The van der Waals surface area contributed by atoms with Gasteiger partial charge in [0.2, 0.25) is 0 Å². The predicted octanol–water partition coefficient (Wildman–Crippen LogP) is 2.21. The largest absolute Gasteiger partial charge is 0.389 e. The molecule has 0 spiro atoms. The van der Waals surface area contributed by atoms with E-state index in [1.807, 2.05) is 0 Å². The van der Waals surface area contributed by atoms with Crippen molar-refractivity contribution in [1.29, 1.82) is 0 Å². The van der Waals surface area contributed by atoms with Gasteiger partial charge in [-0.05, 0) is 59.8 Å². The van der Waals surface area contributed by atoms with E-state index in [0.717, 1.165) is 32.1 Å². The Kier molecular flexibility index (Phi) is 3.08. The van der Waals surface area contributed by atoms with E-state index in [2.05, 4.69) is 27.7 Å². The average Bonchev–Trinajstić information content (AvgIpc) is 2.34. The van der Waals surface area contributed by atoms with Gasteiger partial charge >= 0.3 is 0 Å². The van der Waals surface area contributed by atoms with Crippen molar-refractivity contribution in [2.45, 2.75) is 82.6 Å². The minimum atomic E-state index is -0.630. The maximum Gasteiger partial charge on any atom is 0.0718 e. The van der Waals surface area contributed by atoms with Gasteiger partial charge in [-0.25, -0.2) is 0 Å². The molecule has 3 heteroatoms. The molecule has 1 heterocycles. The molecule has 1 saturated heterocycles. The number of aliphatic hydroxyl groups is 1. The molecule has 0 bridgehead atoms. The second-order valence-electron chi connectivity index (χ2n) is 7.18. The van der Waals surface area contributed by atoms with Gasteiger partial charge in [-0.15, -0.1) is 0 Å². The van der Waals surface area contributed by atoms with Crippen molar-refractivity contribution in [3.05, 3.63) is 0 Å². The van der Waals surface area contributed by atoms with Crippen molar-refractivity contribution in [3.8, 4) is 0 Å². The van der Waals surface area contributed by atoms with Crippen LogP contribution in [0.5, 0.6) is 0 Å². The first kappa shape index (κ1) is 13.3. The van der Waals surface area contributed by atoms with Gasteiger partial charge in [0.05, 0.1) is 16.8 Å². The third kappa shape index (κ3) is 2.51. The molecule has 0 aromatic heterocycles. The van der Waals surface area contributed by atoms with Crippen LogP contribution in [0.25, 0.3) is 0 Å². The highest BCUT2D eigenvalue weighted by Gasteiger charge is 2.55. The van der Waals surface area contributed by atoms with Crippen molar-refractivity contribution in [2.75, 3.05) is 0 Å². The second-order valence-corrected chi connectivity index (χ2v) is 7.18. The number of ether oxygens (including phenoxy) is 1. The van der Waals surface area contributed by atoms with Crippen LogP contribution in [0.3, 0.4) is 0 Å². The van der Waals surface area contributed by atoms with Gasteiger partial charge < -0.3 is 15.6 Å². The van der Waals surface area contributed by atoms with Crippen LogP contribution in [0.2, 0.25) is 0 Å². The van der Waals surface area contributed by atoms with Gasteiger partial charge in [-0.3, -0.25) is 0 Å². The van der Waals surface area contributed by atoms with Crippen LogP contribution >= 0.6 is 0 Å². The highest BCUT2D eigenvalue weighted by molar-refractivity contribution is 5.05. The van der Waals surface area contributed by atoms with Gasteiger partial charge in [-0.2, -0.15) is 0 Å². The lowest BCUT2D eigenvalue weighted by molar-refractivity contribution is -0.125. The molecule has 0 amide bonds. The first-order valence-corrected chi connectivity index (χ1v) is 6.83. The van der Waals surface area contributed by atoms with Crippen molar-refractivity contribution in [3.63, 3.8) is 0 Å². The summed E-state index contributed by atoms with van der Waals surface area (Å²) >= 11 is 0. The van der Waals surface area contributed by atoms with Gasteiger partial charge in [0.25, 0.3) is 0 Å². The Bertz CT molecular complexity index is 301. The molecule has 1 aliphatic carbocycles. The standard InChI is InChI=1S/C14H27NO2/c1-12(2)9-11(13(3,4)17-12)14(16)7-5-6-10(15)8-14/h10-11,16H,5-9,15H2,1-4H3. The summed E-state index contributed by atoms with van der Waals surface area (Å²) in [6, 6.07) is 0.147. The molecule has 0 aromatic rings. The summed E-state index contributed by atoms with van der Waals surface area (Å²) in [4.78, 5) is 0. The third-order valence-corrected chi connectivity index (χ3v) is 4.52. The third-order valence-electron chi connectivity index (χ3n) is 4.52. The lowest BCUT2D eigenvalue weighted by Crippen LogP contribution is -2.51. The van der Waals surface area contributed by atoms with Crippen LogP contribution in [0.1, 0.15) is 59.8 Å². The maximum atomic E-state index is 10.9. The van der Waals surface area contributed by atoms with E-state index >= 15 is 0 Å². The first-order valence-electron chi connectivity index (χ1n) is 6.83. The highest BCUT2D eigenvalue weighted by Crippen LogP contribution is 2.50. The van der Waals surface area contributed by atoms with Crippen molar-refractivity contribution >= 4 is 0 Å². The minimum Gasteiger partial charge on any atom is -0.389 e. The fourth-order valence-electron chi connectivity index (χ4n) is 4.04. The molecule has 2 aliphatic rings. The summed E-state index contributed by atoms with van der Waals surface area (Å²) in [5.74, 6) is 0.191. The van der Waals surface area contributed by atoms with Crippen molar-refractivity contribution < 1.29 is 9.84 Å². The molecule has 1 aliphatic heterocycles. The van der Waals surface area contributed by atoms with Crippen LogP contribution in [0.4, 0.5) is 0 Å². The van der Waals surface area contributed by atoms with Crippen molar-refractivity contribution in [2.24, 2.45) is 11.7 Å². The Hall–Kier alpha value is -0.120. The summed E-state index contributed by atoms with van der Waals surface area (Å²) in [6.45, 7) is 8.43. The SMILES string of the molecule is CC1(C)CC(C2(O)CCCC(N)C2)C(C)(C)O1. The van der Waals surface area contributed by atoms with E-state index < -0.39 is 5.60 Å². The Balaban J connectivity index is 2.21. The maximum absolute atomic E-state index is 10.9. The van der Waals surface area contributed by atoms with Gasteiger partial charge in [0.1, 0.15) is 0 Å². The normalized spacial score (nSPS) is 44.8. The van der Waals surface area contributed by atoms with Gasteiger partial charge in [-0.1, -0.05) is 0 Å². The molecule has 3 unspecified atom stereocenters. The summed E-state index contributed by atoms with van der Waals surface area (Å²) < 4.78 is 6.10. The van der Waals surface area contributed by atoms with E-state index in [1.54, 1.807) is 0 Å². The van der Waals surface area contributed by atoms with Crippen molar-refractivity contribution in [1.82, 2.24) is 0 Å². The zero-order valence-electron chi connectivity index (χ0n) is 11.6. The summed E-state index contributed by atoms with van der Waals surface area (Å²) in [5, 5.41) is 10.9. The lowest BCUT2D eigenvalue weighted by atomic mass is 9.67. The topological polar surface area (TPSA) is 55.5 Å². The van der Waals surface area contributed by atoms with Gasteiger partial charge in [0.15, 0.2) is 0 Å². The molecule has 3 N–H and O–H groups in total. The molecule has 0 radical (unpaired) electrons. The Morgan fingerprint density at radius 2 is 1.82 bits per heavy atom. The smallest absolute Gasteiger partial charge is 0.0718 e. The molecule has 3 nitrogen and oxygen atoms in total. The number of hydrogen-bond donors (Lipinski definition) is 2. The zero-order chi connectivity index (χ0) is 12.9. The Labute approximate surface area is 105 Å². The fraction of sp³-hybridized carbons (Fsp3) is 1.00. The summed E-state index contributed by atoms with van der Waals surface area (Å²) in [7, 11) is 0. The Morgan fingerprint density at radius 1 is 1.18 bits per heavy atom. The monoisotopic (exact) mass is 241 g/mol. The summed E-state index contributed by atoms with van der Waals surface area (Å²) in [6.07, 6.45) is 4.59. The van der Waals surface area contributed by atoms with Crippen LogP contribution < -0.4 is 5.73 Å². The number of hydrogen-bond acceptors (Lipinski definition) is 3. The quantitative estimate of drug-likeness (QED) is 0.740. The molecular weight excluding hydrogens is 214 g/mol. The zero-order valence-corrected chi connectivity index (χ0v) is 11.6. The Morgan fingerprint density at radius 3 is 2.29 bits per heavy atom. The molecule has 1 saturated carbocycles. The van der Waals surface area contributed by atoms with Gasteiger partial charge in [0, 0.05) is 12.0 Å². The molecule has 0 aromatic carbocycles. The van der Waals surface area contributed by atoms with E-state index in [1.165, 1.54) is 0 Å². The van der Waals surface area contributed by atoms with E-state index in [-0.39, 0.29) is 23.2 Å². The predicted molar refractivity (Wildman–Crippen MR) is 68.7 cm³/mol. The number of rotatable bonds is 1. The molecule has 3 atom stereocenters. The van der Waals surface area contributed by atoms with Crippen LogP contribution in [-0.4, -0.2) is 28.0 Å². The van der Waals surface area contributed by atoms with Crippen LogP contribution in [0, 0.1) is 5.92 Å². The highest BCUT2D eigenvalue weighted by atomic mass is 16.5. The molecule has 100 valence electrons. The van der Waals surface area contributed by atoms with E-state index in [9.17, 15) is 5.11 Å². The molecule has 2 fully saturated rings. The number of nitrogens with two attached hydrogens (primary N) is 1. The van der Waals surface area contributed by atoms with E-state index in [4.69, 9.17) is 10.5 Å². The molecular formula is C14H27NO2. The second kappa shape index (κ2) is 3.94. The van der Waals surface area contributed by atoms with Crippen LogP contribution in [0.15, 0.2) is 0 Å². The van der Waals surface area contributed by atoms with Crippen LogP contribution in [-0.2, 0) is 4.74 Å². The van der Waals surface area contributed by atoms with E-state index in [0.29, 0.717) is 0 Å². The minimum absolute atomic E-state index is 0.133. The first-order chi connectivity index (χ1) is 7.65. The lowest BCUT2D eigenvalue weighted by Gasteiger charge is -2.44. The molecule has 17 heavy (non-hydrogen) atoms. The fourth-order valence-corrected chi connectivity index (χ4v) is 4.04. The summed E-state index contributed by atoms with van der Waals surface area (Å²) in [5.41, 5.74) is 5.02.